The number of carbonyl (C=O) groups is 1. The van der Waals surface area contributed by atoms with Gasteiger partial charge in [-0.3, -0.25) is 9.69 Å². The van der Waals surface area contributed by atoms with Gasteiger partial charge in [0.2, 0.25) is 0 Å². The molecule has 180 valence electrons. The SMILES string of the molecule is Cc1occc1C(=O)N(C)C(Cc1ccccc1F)C1CCN(Cc2ccc(F)c(F)c2)CC1. The van der Waals surface area contributed by atoms with E-state index in [9.17, 15) is 18.0 Å². The van der Waals surface area contributed by atoms with Crippen LogP contribution < -0.4 is 0 Å². The van der Waals surface area contributed by atoms with Gasteiger partial charge in [-0.15, -0.1) is 0 Å². The first-order chi connectivity index (χ1) is 16.3. The summed E-state index contributed by atoms with van der Waals surface area (Å²) < 4.78 is 46.6. The Labute approximate surface area is 198 Å². The maximum atomic E-state index is 14.5. The second kappa shape index (κ2) is 10.5. The minimum atomic E-state index is -0.848. The van der Waals surface area contributed by atoms with Crippen molar-refractivity contribution in [3.63, 3.8) is 0 Å². The summed E-state index contributed by atoms with van der Waals surface area (Å²) in [5.41, 5.74) is 1.82. The Kier molecular flexibility index (Phi) is 7.41. The van der Waals surface area contributed by atoms with Crippen molar-refractivity contribution in [2.45, 2.75) is 38.8 Å². The number of likely N-dealkylation sites (N-methyl/N-ethyl adjacent to an activating group) is 1. The molecular formula is C27H29F3N2O2. The van der Waals surface area contributed by atoms with Gasteiger partial charge < -0.3 is 9.32 Å². The molecule has 3 aromatic rings. The number of benzene rings is 2. The van der Waals surface area contributed by atoms with Gasteiger partial charge in [-0.2, -0.15) is 0 Å². The summed E-state index contributed by atoms with van der Waals surface area (Å²) in [4.78, 5) is 17.2. The van der Waals surface area contributed by atoms with E-state index in [1.807, 2.05) is 6.07 Å². The van der Waals surface area contributed by atoms with Crippen LogP contribution in [0.25, 0.3) is 0 Å². The standard InChI is InChI=1S/C27H29F3N2O2/c1-18-22(11-14-34-18)27(33)31(2)26(16-21-5-3-4-6-23(21)28)20-9-12-32(13-10-20)17-19-7-8-24(29)25(30)15-19/h3-8,11,14-15,20,26H,9-10,12-13,16-17H2,1-2H3. The molecule has 1 amide bonds. The Morgan fingerprint density at radius 3 is 2.44 bits per heavy atom. The largest absolute Gasteiger partial charge is 0.469 e. The molecule has 2 aromatic carbocycles. The third-order valence-electron chi connectivity index (χ3n) is 6.86. The van der Waals surface area contributed by atoms with E-state index >= 15 is 0 Å². The van der Waals surface area contributed by atoms with Crippen LogP contribution in [0.15, 0.2) is 59.2 Å². The number of amides is 1. The number of nitrogens with zero attached hydrogens (tertiary/aromatic N) is 2. The summed E-state index contributed by atoms with van der Waals surface area (Å²) in [6, 6.07) is 12.1. The van der Waals surface area contributed by atoms with Crippen molar-refractivity contribution < 1.29 is 22.4 Å². The first-order valence-corrected chi connectivity index (χ1v) is 11.5. The highest BCUT2D eigenvalue weighted by Crippen LogP contribution is 2.29. The van der Waals surface area contributed by atoms with Crippen LogP contribution in [0.2, 0.25) is 0 Å². The fraction of sp³-hybridized carbons (Fsp3) is 0.370. The highest BCUT2D eigenvalue weighted by Gasteiger charge is 2.33. The minimum Gasteiger partial charge on any atom is -0.469 e. The van der Waals surface area contributed by atoms with E-state index in [0.29, 0.717) is 29.9 Å². The van der Waals surface area contributed by atoms with Crippen molar-refractivity contribution in [1.82, 2.24) is 9.80 Å². The molecule has 0 aliphatic carbocycles. The maximum Gasteiger partial charge on any atom is 0.257 e. The van der Waals surface area contributed by atoms with Crippen LogP contribution in [-0.2, 0) is 13.0 Å². The molecule has 1 aliphatic rings. The van der Waals surface area contributed by atoms with E-state index < -0.39 is 11.6 Å². The van der Waals surface area contributed by atoms with Crippen LogP contribution in [-0.4, -0.2) is 41.9 Å². The molecule has 0 spiro atoms. The molecule has 0 radical (unpaired) electrons. The van der Waals surface area contributed by atoms with E-state index in [-0.39, 0.29) is 23.7 Å². The van der Waals surface area contributed by atoms with Gasteiger partial charge in [0.05, 0.1) is 11.8 Å². The smallest absolute Gasteiger partial charge is 0.257 e. The maximum absolute atomic E-state index is 14.5. The average molecular weight is 471 g/mol. The number of likely N-dealkylation sites (tertiary alicyclic amines) is 1. The Morgan fingerprint density at radius 1 is 1.06 bits per heavy atom. The predicted molar refractivity (Wildman–Crippen MR) is 124 cm³/mol. The molecule has 1 fully saturated rings. The fourth-order valence-electron chi connectivity index (χ4n) is 4.85. The molecule has 1 unspecified atom stereocenters. The molecular weight excluding hydrogens is 441 g/mol. The van der Waals surface area contributed by atoms with E-state index in [1.54, 1.807) is 43.1 Å². The number of furan rings is 1. The number of hydrogen-bond acceptors (Lipinski definition) is 3. The molecule has 1 atom stereocenters. The molecule has 1 aliphatic heterocycles. The van der Waals surface area contributed by atoms with Gasteiger partial charge in [0, 0.05) is 19.6 Å². The molecule has 4 nitrogen and oxygen atoms in total. The van der Waals surface area contributed by atoms with Gasteiger partial charge in [-0.1, -0.05) is 24.3 Å². The minimum absolute atomic E-state index is 0.142. The Morgan fingerprint density at radius 2 is 1.79 bits per heavy atom. The lowest BCUT2D eigenvalue weighted by Gasteiger charge is -2.40. The van der Waals surface area contributed by atoms with E-state index in [4.69, 9.17) is 4.42 Å². The first-order valence-electron chi connectivity index (χ1n) is 11.5. The summed E-state index contributed by atoms with van der Waals surface area (Å²) in [5, 5.41) is 0. The van der Waals surface area contributed by atoms with Crippen molar-refractivity contribution in [1.29, 1.82) is 0 Å². The number of halogens is 3. The van der Waals surface area contributed by atoms with Crippen LogP contribution in [0.4, 0.5) is 13.2 Å². The van der Waals surface area contributed by atoms with Crippen LogP contribution >= 0.6 is 0 Å². The highest BCUT2D eigenvalue weighted by atomic mass is 19.2. The highest BCUT2D eigenvalue weighted by molar-refractivity contribution is 5.95. The van der Waals surface area contributed by atoms with Crippen molar-refractivity contribution in [3.05, 3.63) is 94.7 Å². The molecule has 34 heavy (non-hydrogen) atoms. The third kappa shape index (κ3) is 5.36. The summed E-state index contributed by atoms with van der Waals surface area (Å²) >= 11 is 0. The zero-order valence-electron chi connectivity index (χ0n) is 19.4. The molecule has 4 rings (SSSR count). The lowest BCUT2D eigenvalue weighted by Crippen LogP contribution is -2.47. The van der Waals surface area contributed by atoms with Crippen molar-refractivity contribution in [2.24, 2.45) is 5.92 Å². The quantitative estimate of drug-likeness (QED) is 0.451. The van der Waals surface area contributed by atoms with Gasteiger partial charge in [0.15, 0.2) is 11.6 Å². The second-order valence-electron chi connectivity index (χ2n) is 9.03. The van der Waals surface area contributed by atoms with Crippen LogP contribution in [0.1, 0.15) is 40.1 Å². The zero-order chi connectivity index (χ0) is 24.2. The van der Waals surface area contributed by atoms with Gasteiger partial charge in [-0.05, 0) is 80.6 Å². The molecule has 7 heteroatoms. The number of aryl methyl sites for hydroxylation is 1. The topological polar surface area (TPSA) is 36.7 Å². The van der Waals surface area contributed by atoms with Crippen LogP contribution in [0, 0.1) is 30.3 Å². The number of hydrogen-bond donors (Lipinski definition) is 0. The normalized spacial score (nSPS) is 15.9. The fourth-order valence-corrected chi connectivity index (χ4v) is 4.85. The Bertz CT molecular complexity index is 1140. The number of rotatable bonds is 7. The lowest BCUT2D eigenvalue weighted by atomic mass is 9.84. The summed E-state index contributed by atoms with van der Waals surface area (Å²) in [6.07, 6.45) is 3.54. The van der Waals surface area contributed by atoms with Crippen LogP contribution in [0.5, 0.6) is 0 Å². The average Bonchev–Trinajstić information content (AvgIpc) is 3.26. The molecule has 0 bridgehead atoms. The van der Waals surface area contributed by atoms with Gasteiger partial charge in [0.25, 0.3) is 5.91 Å². The van der Waals surface area contributed by atoms with E-state index in [1.165, 1.54) is 18.4 Å². The zero-order valence-corrected chi connectivity index (χ0v) is 19.4. The summed E-state index contributed by atoms with van der Waals surface area (Å²) in [6.45, 7) is 3.79. The summed E-state index contributed by atoms with van der Waals surface area (Å²) in [5.74, 6) is -1.38. The molecule has 1 aromatic heterocycles. The lowest BCUT2D eigenvalue weighted by molar-refractivity contribution is 0.0581. The Hall–Kier alpha value is -3.06. The van der Waals surface area contributed by atoms with Crippen molar-refractivity contribution in [2.75, 3.05) is 20.1 Å². The number of piperidine rings is 1. The molecule has 0 saturated carbocycles. The van der Waals surface area contributed by atoms with Gasteiger partial charge in [-0.25, -0.2) is 13.2 Å². The third-order valence-corrected chi connectivity index (χ3v) is 6.86. The van der Waals surface area contributed by atoms with Gasteiger partial charge in [0.1, 0.15) is 11.6 Å². The van der Waals surface area contributed by atoms with Gasteiger partial charge >= 0.3 is 0 Å². The van der Waals surface area contributed by atoms with E-state index in [0.717, 1.165) is 37.6 Å². The van der Waals surface area contributed by atoms with Crippen molar-refractivity contribution in [3.8, 4) is 0 Å². The van der Waals surface area contributed by atoms with Crippen molar-refractivity contribution >= 4 is 5.91 Å². The number of carbonyl (C=O) groups excluding carboxylic acids is 1. The summed E-state index contributed by atoms with van der Waals surface area (Å²) in [7, 11) is 1.77. The monoisotopic (exact) mass is 470 g/mol. The molecule has 1 saturated heterocycles. The second-order valence-corrected chi connectivity index (χ2v) is 9.03. The van der Waals surface area contributed by atoms with Crippen LogP contribution in [0.3, 0.4) is 0 Å². The molecule has 0 N–H and O–H groups in total. The first kappa shape index (κ1) is 24.1. The Balaban J connectivity index is 1.48. The molecule has 2 heterocycles. The predicted octanol–water partition coefficient (Wildman–Crippen LogP) is 5.60. The van der Waals surface area contributed by atoms with E-state index in [2.05, 4.69) is 4.90 Å².